The summed E-state index contributed by atoms with van der Waals surface area (Å²) in [7, 11) is 1.24. The van der Waals surface area contributed by atoms with Crippen LogP contribution in [-0.4, -0.2) is 28.6 Å². The minimum Gasteiger partial charge on any atom is -0.497 e. The first-order valence-electron chi connectivity index (χ1n) is 9.92. The summed E-state index contributed by atoms with van der Waals surface area (Å²) in [6.07, 6.45) is -3.73. The molecule has 1 amide bonds. The van der Waals surface area contributed by atoms with Crippen LogP contribution in [-0.2, 0) is 11.0 Å². The van der Waals surface area contributed by atoms with Gasteiger partial charge in [-0.05, 0) is 44.2 Å². The molecule has 3 aromatic rings. The molecule has 0 fully saturated rings. The number of halogens is 4. The van der Waals surface area contributed by atoms with Gasteiger partial charge in [0.05, 0.1) is 24.6 Å². The molecule has 4 rings (SSSR count). The van der Waals surface area contributed by atoms with Crippen LogP contribution in [0.3, 0.4) is 0 Å². The number of carbonyl (C=O) groups is 1. The van der Waals surface area contributed by atoms with Gasteiger partial charge in [-0.1, -0.05) is 0 Å². The van der Waals surface area contributed by atoms with Gasteiger partial charge >= 0.3 is 6.18 Å². The number of aromatic nitrogens is 2. The van der Waals surface area contributed by atoms with Crippen molar-refractivity contribution in [1.29, 1.82) is 0 Å². The van der Waals surface area contributed by atoms with E-state index >= 15 is 0 Å². The Morgan fingerprint density at radius 1 is 1.09 bits per heavy atom. The van der Waals surface area contributed by atoms with Crippen molar-refractivity contribution in [2.45, 2.75) is 25.6 Å². The van der Waals surface area contributed by atoms with Gasteiger partial charge in [0.2, 0.25) is 5.95 Å². The molecule has 0 unspecified atom stereocenters. The summed E-state index contributed by atoms with van der Waals surface area (Å²) in [4.78, 5) is 19.9. The lowest BCUT2D eigenvalue weighted by molar-refractivity contribution is -0.137. The van der Waals surface area contributed by atoms with E-state index < -0.39 is 23.2 Å². The van der Waals surface area contributed by atoms with Gasteiger partial charge in [0.25, 0.3) is 5.91 Å². The smallest absolute Gasteiger partial charge is 0.416 e. The standard InChI is InChI=1S/C22H19F4N5O3/c1-21(2)19(32)30-16-9-12(4-5-17(16)34-21)28-18-15(23)10-27-20(31-18)29-13-6-11(22(24,25)26)7-14(8-13)33-3/h4-10H,1-3H3,(H,30,32)(H2,27,28,29,31). The van der Waals surface area contributed by atoms with E-state index in [4.69, 9.17) is 9.47 Å². The van der Waals surface area contributed by atoms with Crippen molar-refractivity contribution in [1.82, 2.24) is 9.97 Å². The third kappa shape index (κ3) is 4.80. The summed E-state index contributed by atoms with van der Waals surface area (Å²) in [5.41, 5.74) is -1.20. The normalized spacial score (nSPS) is 14.5. The summed E-state index contributed by atoms with van der Waals surface area (Å²) < 4.78 is 64.4. The highest BCUT2D eigenvalue weighted by atomic mass is 19.4. The fraction of sp³-hybridized carbons (Fsp3) is 0.227. The Bertz CT molecular complexity index is 1260. The van der Waals surface area contributed by atoms with Crippen LogP contribution in [0.2, 0.25) is 0 Å². The largest absolute Gasteiger partial charge is 0.497 e. The van der Waals surface area contributed by atoms with E-state index in [1.54, 1.807) is 26.0 Å². The number of fused-ring (bicyclic) bond motifs is 1. The Labute approximate surface area is 191 Å². The highest BCUT2D eigenvalue weighted by molar-refractivity contribution is 6.00. The van der Waals surface area contributed by atoms with E-state index in [0.717, 1.165) is 18.3 Å². The second-order valence-electron chi connectivity index (χ2n) is 7.87. The highest BCUT2D eigenvalue weighted by Gasteiger charge is 2.35. The Balaban J connectivity index is 1.58. The fourth-order valence-corrected chi connectivity index (χ4v) is 3.12. The zero-order valence-electron chi connectivity index (χ0n) is 18.2. The quantitative estimate of drug-likeness (QED) is 0.433. The van der Waals surface area contributed by atoms with Crippen LogP contribution >= 0.6 is 0 Å². The zero-order chi connectivity index (χ0) is 24.7. The summed E-state index contributed by atoms with van der Waals surface area (Å²) in [5.74, 6) is -1.11. The number of alkyl halides is 3. The van der Waals surface area contributed by atoms with E-state index in [1.807, 2.05) is 0 Å². The molecule has 2 heterocycles. The van der Waals surface area contributed by atoms with Gasteiger partial charge in [0.15, 0.2) is 17.2 Å². The van der Waals surface area contributed by atoms with Crippen molar-refractivity contribution in [3.63, 3.8) is 0 Å². The number of methoxy groups -OCH3 is 1. The van der Waals surface area contributed by atoms with E-state index in [0.29, 0.717) is 17.1 Å². The predicted octanol–water partition coefficient (Wildman–Crippen LogP) is 5.24. The lowest BCUT2D eigenvalue weighted by Gasteiger charge is -2.31. The van der Waals surface area contributed by atoms with Crippen molar-refractivity contribution in [3.8, 4) is 11.5 Å². The number of nitrogens with zero attached hydrogens (tertiary/aromatic N) is 2. The van der Waals surface area contributed by atoms with Gasteiger partial charge < -0.3 is 25.4 Å². The second kappa shape index (κ2) is 8.36. The van der Waals surface area contributed by atoms with Gasteiger partial charge in [0, 0.05) is 17.4 Å². The monoisotopic (exact) mass is 477 g/mol. The van der Waals surface area contributed by atoms with Crippen LogP contribution < -0.4 is 25.4 Å². The molecular formula is C22H19F4N5O3. The Hall–Kier alpha value is -4.09. The Morgan fingerprint density at radius 3 is 2.56 bits per heavy atom. The van der Waals surface area contributed by atoms with Crippen LogP contribution in [0, 0.1) is 5.82 Å². The molecule has 0 atom stereocenters. The van der Waals surface area contributed by atoms with Crippen molar-refractivity contribution < 1.29 is 31.8 Å². The molecule has 34 heavy (non-hydrogen) atoms. The zero-order valence-corrected chi connectivity index (χ0v) is 18.2. The SMILES string of the molecule is COc1cc(Nc2ncc(F)c(Nc3ccc4c(c3)NC(=O)C(C)(C)O4)n2)cc(C(F)(F)F)c1. The molecule has 0 radical (unpaired) electrons. The van der Waals surface area contributed by atoms with Gasteiger partial charge in [-0.3, -0.25) is 4.79 Å². The highest BCUT2D eigenvalue weighted by Crippen LogP contribution is 2.37. The van der Waals surface area contributed by atoms with Crippen LogP contribution in [0.5, 0.6) is 11.5 Å². The number of rotatable bonds is 5. The molecule has 1 aliphatic heterocycles. The minimum atomic E-state index is -4.60. The molecule has 1 aromatic heterocycles. The number of benzene rings is 2. The van der Waals surface area contributed by atoms with E-state index in [1.165, 1.54) is 19.2 Å². The predicted molar refractivity (Wildman–Crippen MR) is 116 cm³/mol. The Morgan fingerprint density at radius 2 is 1.85 bits per heavy atom. The summed E-state index contributed by atoms with van der Waals surface area (Å²) >= 11 is 0. The molecule has 2 aromatic carbocycles. The number of anilines is 5. The molecule has 178 valence electrons. The van der Waals surface area contributed by atoms with Crippen molar-refractivity contribution in [2.24, 2.45) is 0 Å². The van der Waals surface area contributed by atoms with Crippen LogP contribution in [0.4, 0.5) is 46.4 Å². The topological polar surface area (TPSA) is 97.4 Å². The van der Waals surface area contributed by atoms with Crippen LogP contribution in [0.1, 0.15) is 19.4 Å². The molecule has 0 aliphatic carbocycles. The molecule has 0 spiro atoms. The number of hydrogen-bond donors (Lipinski definition) is 3. The first-order valence-corrected chi connectivity index (χ1v) is 9.92. The molecule has 0 saturated heterocycles. The Kier molecular flexibility index (Phi) is 5.67. The lowest BCUT2D eigenvalue weighted by Crippen LogP contribution is -2.45. The number of hydrogen-bond acceptors (Lipinski definition) is 7. The van der Waals surface area contributed by atoms with Gasteiger partial charge in [-0.25, -0.2) is 9.37 Å². The third-order valence-electron chi connectivity index (χ3n) is 4.87. The molecule has 12 heteroatoms. The van der Waals surface area contributed by atoms with Gasteiger partial charge in [-0.15, -0.1) is 0 Å². The fourth-order valence-electron chi connectivity index (χ4n) is 3.12. The molecule has 0 bridgehead atoms. The summed E-state index contributed by atoms with van der Waals surface area (Å²) in [6.45, 7) is 3.25. The number of carbonyl (C=O) groups excluding carboxylic acids is 1. The van der Waals surface area contributed by atoms with Gasteiger partial charge in [-0.2, -0.15) is 18.2 Å². The molecule has 8 nitrogen and oxygen atoms in total. The van der Waals surface area contributed by atoms with Gasteiger partial charge in [0.1, 0.15) is 11.5 Å². The number of ether oxygens (including phenoxy) is 2. The van der Waals surface area contributed by atoms with Crippen molar-refractivity contribution >= 4 is 34.7 Å². The molecule has 1 aliphatic rings. The molecule has 0 saturated carbocycles. The van der Waals surface area contributed by atoms with Crippen LogP contribution in [0.15, 0.2) is 42.6 Å². The molecular weight excluding hydrogens is 458 g/mol. The van der Waals surface area contributed by atoms with Crippen LogP contribution in [0.25, 0.3) is 0 Å². The number of nitrogens with one attached hydrogen (secondary N) is 3. The molecule has 3 N–H and O–H groups in total. The average Bonchev–Trinajstić information content (AvgIpc) is 2.76. The number of amides is 1. The first kappa shape index (κ1) is 23.1. The summed E-state index contributed by atoms with van der Waals surface area (Å²) in [6, 6.07) is 7.77. The summed E-state index contributed by atoms with van der Waals surface area (Å²) in [5, 5.41) is 8.10. The van der Waals surface area contributed by atoms with E-state index in [2.05, 4.69) is 25.9 Å². The van der Waals surface area contributed by atoms with E-state index in [-0.39, 0.29) is 29.1 Å². The third-order valence-corrected chi connectivity index (χ3v) is 4.87. The van der Waals surface area contributed by atoms with Crippen molar-refractivity contribution in [3.05, 3.63) is 54.0 Å². The second-order valence-corrected chi connectivity index (χ2v) is 7.87. The minimum absolute atomic E-state index is 0.000453. The maximum Gasteiger partial charge on any atom is 0.416 e. The first-order chi connectivity index (χ1) is 15.9. The van der Waals surface area contributed by atoms with E-state index in [9.17, 15) is 22.4 Å². The average molecular weight is 477 g/mol. The lowest BCUT2D eigenvalue weighted by atomic mass is 10.1. The maximum absolute atomic E-state index is 14.4. The van der Waals surface area contributed by atoms with Crippen molar-refractivity contribution in [2.75, 3.05) is 23.1 Å². The maximum atomic E-state index is 14.4.